The molecule has 0 aliphatic carbocycles. The van der Waals surface area contributed by atoms with Crippen LogP contribution >= 0.6 is 0 Å². The van der Waals surface area contributed by atoms with E-state index < -0.39 is 0 Å². The molecular weight excluding hydrogens is 362 g/mol. The van der Waals surface area contributed by atoms with E-state index in [9.17, 15) is 4.79 Å². The van der Waals surface area contributed by atoms with Crippen LogP contribution in [0, 0.1) is 0 Å². The van der Waals surface area contributed by atoms with Crippen LogP contribution in [0.1, 0.15) is 25.7 Å². The van der Waals surface area contributed by atoms with Gasteiger partial charge in [-0.05, 0) is 87.8 Å². The van der Waals surface area contributed by atoms with Gasteiger partial charge < -0.3 is 15.0 Å². The molecule has 0 aromatic heterocycles. The molecule has 0 radical (unpaired) electrons. The van der Waals surface area contributed by atoms with Gasteiger partial charge in [0.25, 0.3) is 0 Å². The molecule has 0 spiro atoms. The summed E-state index contributed by atoms with van der Waals surface area (Å²) in [6.07, 6.45) is 4.39. The summed E-state index contributed by atoms with van der Waals surface area (Å²) in [5, 5.41) is 3.15. The molecule has 2 heterocycles. The Labute approximate surface area is 173 Å². The summed E-state index contributed by atoms with van der Waals surface area (Å²) in [7, 11) is 3.86. The van der Waals surface area contributed by atoms with Gasteiger partial charge in [0.1, 0.15) is 5.75 Å². The Balaban J connectivity index is 1.40. The fourth-order valence-corrected chi connectivity index (χ4v) is 4.61. The van der Waals surface area contributed by atoms with E-state index in [-0.39, 0.29) is 11.9 Å². The summed E-state index contributed by atoms with van der Waals surface area (Å²) in [4.78, 5) is 17.8. The highest BCUT2D eigenvalue weighted by Gasteiger charge is 2.36. The predicted molar refractivity (Wildman–Crippen MR) is 117 cm³/mol. The van der Waals surface area contributed by atoms with Crippen molar-refractivity contribution in [3.8, 4) is 16.9 Å². The van der Waals surface area contributed by atoms with Gasteiger partial charge in [-0.15, -0.1) is 0 Å². The molecule has 2 fully saturated rings. The smallest absolute Gasteiger partial charge is 0.241 e. The minimum absolute atomic E-state index is 0.00136. The molecule has 154 valence electrons. The summed E-state index contributed by atoms with van der Waals surface area (Å²) in [5.41, 5.74) is 3.07. The van der Waals surface area contributed by atoms with Gasteiger partial charge in [0.2, 0.25) is 5.91 Å². The monoisotopic (exact) mass is 393 g/mol. The minimum atomic E-state index is 0.00136. The Morgan fingerprint density at radius 3 is 2.48 bits per heavy atom. The average molecular weight is 394 g/mol. The number of ether oxygens (including phenoxy) is 1. The van der Waals surface area contributed by atoms with Gasteiger partial charge in [0.15, 0.2) is 0 Å². The number of methoxy groups -OCH3 is 1. The Bertz CT molecular complexity index is 828. The first kappa shape index (κ1) is 19.9. The molecule has 0 bridgehead atoms. The van der Waals surface area contributed by atoms with Crippen molar-refractivity contribution in [2.75, 3.05) is 39.1 Å². The van der Waals surface area contributed by atoms with Crippen LogP contribution in [-0.2, 0) is 4.79 Å². The van der Waals surface area contributed by atoms with Crippen molar-refractivity contribution in [2.24, 2.45) is 0 Å². The SMILES string of the molecule is COc1cccc(-c2ccc(NC(=O)[C@@H]3CCCN3C3CCN(C)CC3)cc2)c1. The number of hydrogen-bond donors (Lipinski definition) is 1. The second-order valence-corrected chi connectivity index (χ2v) is 8.23. The van der Waals surface area contributed by atoms with Gasteiger partial charge >= 0.3 is 0 Å². The molecule has 2 saturated heterocycles. The minimum Gasteiger partial charge on any atom is -0.497 e. The van der Waals surface area contributed by atoms with Crippen molar-refractivity contribution in [1.82, 2.24) is 9.80 Å². The van der Waals surface area contributed by atoms with E-state index in [1.165, 1.54) is 0 Å². The number of likely N-dealkylation sites (tertiary alicyclic amines) is 2. The largest absolute Gasteiger partial charge is 0.497 e. The molecule has 1 atom stereocenters. The standard InChI is InChI=1S/C24H31N3O2/c1-26-15-12-21(13-16-26)27-14-4-7-23(27)24(28)25-20-10-8-18(9-11-20)19-5-3-6-22(17-19)29-2/h3,5-6,8-11,17,21,23H,4,7,12-16H2,1-2H3,(H,25,28)/t23-/m0/s1. The summed E-state index contributed by atoms with van der Waals surface area (Å²) in [5.74, 6) is 0.977. The van der Waals surface area contributed by atoms with E-state index in [4.69, 9.17) is 4.74 Å². The lowest BCUT2D eigenvalue weighted by molar-refractivity contribution is -0.121. The molecule has 29 heavy (non-hydrogen) atoms. The highest BCUT2D eigenvalue weighted by atomic mass is 16.5. The van der Waals surface area contributed by atoms with Crippen molar-refractivity contribution in [3.05, 3.63) is 48.5 Å². The molecule has 0 saturated carbocycles. The Kier molecular flexibility index (Phi) is 6.16. The maximum absolute atomic E-state index is 13.0. The lowest BCUT2D eigenvalue weighted by Crippen LogP contribution is -2.49. The number of amides is 1. The van der Waals surface area contributed by atoms with Crippen LogP contribution in [0.4, 0.5) is 5.69 Å². The molecule has 1 N–H and O–H groups in total. The number of rotatable bonds is 5. The fourth-order valence-electron chi connectivity index (χ4n) is 4.61. The maximum atomic E-state index is 13.0. The summed E-state index contributed by atoms with van der Waals surface area (Å²) >= 11 is 0. The summed E-state index contributed by atoms with van der Waals surface area (Å²) in [6, 6.07) is 16.6. The molecule has 2 aromatic rings. The molecule has 2 aromatic carbocycles. The van der Waals surface area contributed by atoms with E-state index >= 15 is 0 Å². The fraction of sp³-hybridized carbons (Fsp3) is 0.458. The number of piperidine rings is 1. The average Bonchev–Trinajstić information content (AvgIpc) is 3.25. The van der Waals surface area contributed by atoms with Gasteiger partial charge in [0.05, 0.1) is 13.2 Å². The van der Waals surface area contributed by atoms with Crippen LogP contribution in [0.2, 0.25) is 0 Å². The zero-order valence-corrected chi connectivity index (χ0v) is 17.4. The van der Waals surface area contributed by atoms with Gasteiger partial charge in [-0.3, -0.25) is 9.69 Å². The number of carbonyl (C=O) groups excluding carboxylic acids is 1. The molecule has 0 unspecified atom stereocenters. The van der Waals surface area contributed by atoms with Crippen LogP contribution in [0.25, 0.3) is 11.1 Å². The third-order valence-electron chi connectivity index (χ3n) is 6.31. The summed E-state index contributed by atoms with van der Waals surface area (Å²) < 4.78 is 5.31. The predicted octanol–water partition coefficient (Wildman–Crippen LogP) is 3.86. The Morgan fingerprint density at radius 1 is 1.00 bits per heavy atom. The quantitative estimate of drug-likeness (QED) is 0.838. The van der Waals surface area contributed by atoms with Gasteiger partial charge in [-0.25, -0.2) is 0 Å². The van der Waals surface area contributed by atoms with Crippen LogP contribution in [-0.4, -0.2) is 61.6 Å². The second kappa shape index (κ2) is 8.97. The number of anilines is 1. The molecule has 2 aliphatic rings. The molecular formula is C24H31N3O2. The van der Waals surface area contributed by atoms with Gasteiger partial charge in [-0.2, -0.15) is 0 Å². The third kappa shape index (κ3) is 4.62. The highest BCUT2D eigenvalue weighted by Crippen LogP contribution is 2.28. The number of nitrogens with zero attached hydrogens (tertiary/aromatic N) is 2. The number of benzene rings is 2. The van der Waals surface area contributed by atoms with Gasteiger partial charge in [-0.1, -0.05) is 24.3 Å². The normalized spacial score (nSPS) is 21.2. The Hall–Kier alpha value is -2.37. The van der Waals surface area contributed by atoms with Crippen LogP contribution in [0.5, 0.6) is 5.75 Å². The number of carbonyl (C=O) groups is 1. The Morgan fingerprint density at radius 2 is 1.76 bits per heavy atom. The lowest BCUT2D eigenvalue weighted by atomic mass is 10.0. The third-order valence-corrected chi connectivity index (χ3v) is 6.31. The molecule has 5 nitrogen and oxygen atoms in total. The molecule has 5 heteroatoms. The van der Waals surface area contributed by atoms with E-state index in [1.807, 2.05) is 42.5 Å². The topological polar surface area (TPSA) is 44.8 Å². The van der Waals surface area contributed by atoms with E-state index in [0.717, 1.165) is 67.9 Å². The van der Waals surface area contributed by atoms with E-state index in [2.05, 4.69) is 28.2 Å². The lowest BCUT2D eigenvalue weighted by Gasteiger charge is -2.37. The van der Waals surface area contributed by atoms with E-state index in [0.29, 0.717) is 6.04 Å². The first-order valence-corrected chi connectivity index (χ1v) is 10.6. The zero-order chi connectivity index (χ0) is 20.2. The molecule has 2 aliphatic heterocycles. The number of nitrogens with one attached hydrogen (secondary N) is 1. The maximum Gasteiger partial charge on any atom is 0.241 e. The number of hydrogen-bond acceptors (Lipinski definition) is 4. The summed E-state index contributed by atoms with van der Waals surface area (Å²) in [6.45, 7) is 3.30. The van der Waals surface area contributed by atoms with Crippen molar-refractivity contribution in [1.29, 1.82) is 0 Å². The molecule has 1 amide bonds. The van der Waals surface area contributed by atoms with Crippen LogP contribution in [0.15, 0.2) is 48.5 Å². The second-order valence-electron chi connectivity index (χ2n) is 8.23. The van der Waals surface area contributed by atoms with Crippen molar-refractivity contribution < 1.29 is 9.53 Å². The van der Waals surface area contributed by atoms with Crippen molar-refractivity contribution in [3.63, 3.8) is 0 Å². The van der Waals surface area contributed by atoms with Crippen LogP contribution < -0.4 is 10.1 Å². The van der Waals surface area contributed by atoms with Crippen molar-refractivity contribution >= 4 is 11.6 Å². The zero-order valence-electron chi connectivity index (χ0n) is 17.4. The van der Waals surface area contributed by atoms with Crippen molar-refractivity contribution in [2.45, 2.75) is 37.8 Å². The molecule has 4 rings (SSSR count). The first-order chi connectivity index (χ1) is 14.1. The van der Waals surface area contributed by atoms with E-state index in [1.54, 1.807) is 7.11 Å². The van der Waals surface area contributed by atoms with Gasteiger partial charge in [0, 0.05) is 11.7 Å². The van der Waals surface area contributed by atoms with Crippen LogP contribution in [0.3, 0.4) is 0 Å². The highest BCUT2D eigenvalue weighted by molar-refractivity contribution is 5.95. The first-order valence-electron chi connectivity index (χ1n) is 10.6.